The Hall–Kier alpha value is -2.91. The van der Waals surface area contributed by atoms with Crippen LogP contribution < -0.4 is 5.73 Å². The predicted octanol–water partition coefficient (Wildman–Crippen LogP) is 9.72. The van der Waals surface area contributed by atoms with E-state index >= 15 is 0 Å². The maximum absolute atomic E-state index is 10.7. The molecule has 0 saturated heterocycles. The summed E-state index contributed by atoms with van der Waals surface area (Å²) < 4.78 is 0. The molecule has 0 saturated carbocycles. The molecule has 0 aliphatic rings. The van der Waals surface area contributed by atoms with E-state index in [1.807, 2.05) is 65.0 Å². The molecule has 196 valence electrons. The molecular formula is C31H49ClN2O. The summed E-state index contributed by atoms with van der Waals surface area (Å²) in [6, 6.07) is 0. The molecular weight excluding hydrogens is 452 g/mol. The Morgan fingerprint density at radius 1 is 1.00 bits per heavy atom. The smallest absolute Gasteiger partial charge is 0.130 e. The molecule has 4 heteroatoms. The Bertz CT molecular complexity index is 817. The van der Waals surface area contributed by atoms with Crippen molar-refractivity contribution in [1.29, 1.82) is 5.41 Å². The Labute approximate surface area is 221 Å². The van der Waals surface area contributed by atoms with Gasteiger partial charge >= 0.3 is 0 Å². The highest BCUT2D eigenvalue weighted by atomic mass is 35.5. The first-order valence-corrected chi connectivity index (χ1v) is 12.3. The number of allylic oxidation sites excluding steroid dienone is 13. The first-order valence-electron chi connectivity index (χ1n) is 11.9. The number of nitrogens with two attached hydrogens (primary N) is 1. The molecule has 0 aromatic heterocycles. The van der Waals surface area contributed by atoms with Crippen molar-refractivity contribution in [3.63, 3.8) is 0 Å². The quantitative estimate of drug-likeness (QED) is 0.159. The van der Waals surface area contributed by atoms with Crippen molar-refractivity contribution >= 4 is 23.1 Å². The van der Waals surface area contributed by atoms with Crippen LogP contribution in [0.1, 0.15) is 74.1 Å². The third-order valence-electron chi connectivity index (χ3n) is 4.10. The van der Waals surface area contributed by atoms with Crippen LogP contribution in [-0.4, -0.2) is 11.5 Å². The summed E-state index contributed by atoms with van der Waals surface area (Å²) in [5.74, 6) is 0.206. The highest BCUT2D eigenvalue weighted by Gasteiger charge is 2.13. The fraction of sp³-hybridized carbons (Fsp3) is 0.355. The number of rotatable bonds is 12. The lowest BCUT2D eigenvalue weighted by Crippen LogP contribution is -2.12. The van der Waals surface area contributed by atoms with Crippen molar-refractivity contribution in [2.75, 3.05) is 0 Å². The van der Waals surface area contributed by atoms with Crippen LogP contribution in [0, 0.1) is 5.41 Å². The molecule has 0 radical (unpaired) electrons. The van der Waals surface area contributed by atoms with Gasteiger partial charge in [-0.15, -0.1) is 13.2 Å². The third kappa shape index (κ3) is 22.6. The van der Waals surface area contributed by atoms with Crippen LogP contribution in [0.5, 0.6) is 0 Å². The lowest BCUT2D eigenvalue weighted by molar-refractivity contribution is -0.116. The largest absolute Gasteiger partial charge is 0.402 e. The molecule has 0 aromatic carbocycles. The minimum atomic E-state index is 0.206. The van der Waals surface area contributed by atoms with E-state index in [2.05, 4.69) is 39.8 Å². The third-order valence-corrected chi connectivity index (χ3v) is 4.22. The molecule has 3 nitrogen and oxygen atoms in total. The summed E-state index contributed by atoms with van der Waals surface area (Å²) in [5.41, 5.74) is 10.5. The minimum Gasteiger partial charge on any atom is -0.402 e. The van der Waals surface area contributed by atoms with Gasteiger partial charge in [0.15, 0.2) is 0 Å². The predicted molar refractivity (Wildman–Crippen MR) is 162 cm³/mol. The summed E-state index contributed by atoms with van der Waals surface area (Å²) in [6.45, 7) is 30.6. The number of hydrogen-bond donors (Lipinski definition) is 2. The molecule has 0 rings (SSSR count). The van der Waals surface area contributed by atoms with E-state index in [1.165, 1.54) is 0 Å². The average Bonchev–Trinajstić information content (AvgIpc) is 2.81. The fourth-order valence-corrected chi connectivity index (χ4v) is 2.66. The molecule has 0 aromatic rings. The maximum atomic E-state index is 10.7. The molecule has 0 aliphatic carbocycles. The second-order valence-electron chi connectivity index (χ2n) is 6.99. The van der Waals surface area contributed by atoms with Crippen LogP contribution in [0.4, 0.5) is 0 Å². The zero-order valence-corrected chi connectivity index (χ0v) is 24.0. The molecule has 0 bridgehead atoms. The van der Waals surface area contributed by atoms with Crippen molar-refractivity contribution < 1.29 is 4.79 Å². The van der Waals surface area contributed by atoms with Gasteiger partial charge in [0.05, 0.1) is 5.71 Å². The molecule has 0 spiro atoms. The van der Waals surface area contributed by atoms with Crippen LogP contribution >= 0.6 is 11.6 Å². The van der Waals surface area contributed by atoms with Crippen LogP contribution in [0.2, 0.25) is 0 Å². The highest BCUT2D eigenvalue weighted by Crippen LogP contribution is 2.21. The molecule has 0 aliphatic heterocycles. The summed E-state index contributed by atoms with van der Waals surface area (Å²) >= 11 is 5.57. The van der Waals surface area contributed by atoms with E-state index in [-0.39, 0.29) is 5.78 Å². The Kier molecular flexibility index (Phi) is 30.7. The normalized spacial score (nSPS) is 11.7. The topological polar surface area (TPSA) is 66.9 Å². The number of hydrogen-bond acceptors (Lipinski definition) is 3. The van der Waals surface area contributed by atoms with Crippen molar-refractivity contribution in [2.45, 2.75) is 74.1 Å². The van der Waals surface area contributed by atoms with Gasteiger partial charge in [0.25, 0.3) is 0 Å². The average molecular weight is 501 g/mol. The number of carbonyl (C=O) groups excluding carboxylic acids is 1. The fourth-order valence-electron chi connectivity index (χ4n) is 2.59. The molecule has 0 fully saturated rings. The SMILES string of the molecule is C=C.C=C(Cl)/C=C\C(=C/C)CCC(C)=O.C=C/C=C(\C=C/C)C(=N)/C(C(=C)CCC)=C(/C)N.CC. The Morgan fingerprint density at radius 2 is 1.54 bits per heavy atom. The summed E-state index contributed by atoms with van der Waals surface area (Å²) in [5, 5.41) is 8.79. The highest BCUT2D eigenvalue weighted by molar-refractivity contribution is 6.30. The van der Waals surface area contributed by atoms with E-state index in [1.54, 1.807) is 19.1 Å². The van der Waals surface area contributed by atoms with Gasteiger partial charge in [0, 0.05) is 22.7 Å². The van der Waals surface area contributed by atoms with E-state index < -0.39 is 0 Å². The Balaban J connectivity index is -0.000000249. The van der Waals surface area contributed by atoms with Crippen molar-refractivity contribution in [1.82, 2.24) is 0 Å². The molecule has 0 amide bonds. The number of halogens is 1. The summed E-state index contributed by atoms with van der Waals surface area (Å²) in [6.07, 6.45) is 16.1. The van der Waals surface area contributed by atoms with E-state index in [4.69, 9.17) is 22.7 Å². The lowest BCUT2D eigenvalue weighted by atomic mass is 9.92. The van der Waals surface area contributed by atoms with Gasteiger partial charge in [-0.1, -0.05) is 101 Å². The van der Waals surface area contributed by atoms with Crippen molar-refractivity contribution in [3.05, 3.63) is 108 Å². The summed E-state index contributed by atoms with van der Waals surface area (Å²) in [7, 11) is 0. The Morgan fingerprint density at radius 3 is 1.89 bits per heavy atom. The first kappa shape index (κ1) is 39.3. The van der Waals surface area contributed by atoms with Gasteiger partial charge in [-0.25, -0.2) is 0 Å². The molecule has 0 unspecified atom stereocenters. The van der Waals surface area contributed by atoms with Crippen LogP contribution in [0.15, 0.2) is 108 Å². The number of nitrogens with one attached hydrogen (secondary N) is 1. The van der Waals surface area contributed by atoms with Gasteiger partial charge in [-0.3, -0.25) is 5.41 Å². The van der Waals surface area contributed by atoms with Gasteiger partial charge < -0.3 is 10.5 Å². The van der Waals surface area contributed by atoms with Crippen LogP contribution in [0.25, 0.3) is 0 Å². The monoisotopic (exact) mass is 500 g/mol. The van der Waals surface area contributed by atoms with E-state index in [0.29, 0.717) is 22.9 Å². The molecule has 0 heterocycles. The van der Waals surface area contributed by atoms with Crippen molar-refractivity contribution in [3.8, 4) is 0 Å². The van der Waals surface area contributed by atoms with Gasteiger partial charge in [0.1, 0.15) is 5.78 Å². The van der Waals surface area contributed by atoms with E-state index in [0.717, 1.165) is 41.6 Å². The second-order valence-corrected chi connectivity index (χ2v) is 7.48. The second kappa shape index (κ2) is 27.3. The summed E-state index contributed by atoms with van der Waals surface area (Å²) in [4.78, 5) is 10.7. The molecule has 35 heavy (non-hydrogen) atoms. The zero-order valence-electron chi connectivity index (χ0n) is 23.3. The number of ketones is 1. The zero-order chi connectivity index (χ0) is 28.4. The van der Waals surface area contributed by atoms with Gasteiger partial charge in [-0.05, 0) is 57.8 Å². The number of carbonyl (C=O) groups is 1. The van der Waals surface area contributed by atoms with Gasteiger partial charge in [-0.2, -0.15) is 0 Å². The molecule has 0 atom stereocenters. The van der Waals surface area contributed by atoms with Gasteiger partial charge in [0.2, 0.25) is 0 Å². The van der Waals surface area contributed by atoms with Crippen LogP contribution in [0.3, 0.4) is 0 Å². The number of Topliss-reactive ketones (excluding diaryl/α,β-unsaturated/α-hetero) is 1. The standard InChI is InChI=1S/C16H24N2.C11H15ClO.C2H6.C2H4/c1-6-9-12(4)15(13(5)17)16(18)14(10-7-2)11-8-3;1-4-11(7-5-9(2)12)8-6-10(3)13;2*1-2/h7-8,10-11,18H,2,4,6,9,17H2,1,3,5H3;4-5,7H,2,6,8H2,1,3H3;1-2H3;1-2H2/b11-8-,14-10+,15-13-,18-16?;7-5-,11-4+;;. The van der Waals surface area contributed by atoms with E-state index in [9.17, 15) is 4.79 Å². The first-order chi connectivity index (χ1) is 16.5. The van der Waals surface area contributed by atoms with Crippen molar-refractivity contribution in [2.24, 2.45) is 5.73 Å². The maximum Gasteiger partial charge on any atom is 0.130 e. The van der Waals surface area contributed by atoms with Crippen LogP contribution in [-0.2, 0) is 4.79 Å². The lowest BCUT2D eigenvalue weighted by Gasteiger charge is -2.14. The minimum absolute atomic E-state index is 0.206. The molecule has 3 N–H and O–H groups in total.